The summed E-state index contributed by atoms with van der Waals surface area (Å²) in [6.07, 6.45) is 2.62. The van der Waals surface area contributed by atoms with E-state index in [-0.39, 0.29) is 12.5 Å². The molecule has 1 heterocycles. The molecule has 0 saturated carbocycles. The number of aryl methyl sites for hydroxylation is 1. The third-order valence-corrected chi connectivity index (χ3v) is 5.95. The number of sulfone groups is 1. The van der Waals surface area contributed by atoms with Crippen molar-refractivity contribution in [2.75, 3.05) is 12.8 Å². The van der Waals surface area contributed by atoms with Gasteiger partial charge in [0.2, 0.25) is 0 Å². The summed E-state index contributed by atoms with van der Waals surface area (Å²) >= 11 is 0. The van der Waals surface area contributed by atoms with Crippen LogP contribution in [0.3, 0.4) is 0 Å². The Hall–Kier alpha value is -2.22. The first-order chi connectivity index (χ1) is 10.6. The summed E-state index contributed by atoms with van der Waals surface area (Å²) in [4.78, 5) is 16.3. The van der Waals surface area contributed by atoms with Gasteiger partial charge in [0.25, 0.3) is 5.91 Å². The molecular weight excluding hydrogens is 316 g/mol. The lowest BCUT2D eigenvalue weighted by molar-refractivity contribution is 0.0950. The zero-order valence-electron chi connectivity index (χ0n) is 13.6. The molecule has 0 aliphatic rings. The van der Waals surface area contributed by atoms with Crippen molar-refractivity contribution in [3.8, 4) is 11.4 Å². The minimum Gasteiger partial charge on any atom is -0.350 e. The summed E-state index contributed by atoms with van der Waals surface area (Å²) in [6, 6.07) is 6.90. The molecule has 0 spiro atoms. The van der Waals surface area contributed by atoms with Crippen LogP contribution in [0.25, 0.3) is 11.4 Å². The van der Waals surface area contributed by atoms with Gasteiger partial charge in [0.1, 0.15) is 6.33 Å². The molecule has 0 aliphatic carbocycles. The molecular formula is C15H20N4O3S. The number of carbonyl (C=O) groups is 1. The maximum Gasteiger partial charge on any atom is 0.251 e. The molecule has 2 aromatic rings. The number of nitrogens with zero attached hydrogens (tertiary/aromatic N) is 3. The number of benzene rings is 1. The highest BCUT2D eigenvalue weighted by molar-refractivity contribution is 7.92. The molecule has 7 nitrogen and oxygen atoms in total. The van der Waals surface area contributed by atoms with E-state index in [0.717, 1.165) is 11.8 Å². The summed E-state index contributed by atoms with van der Waals surface area (Å²) < 4.78 is 23.9. The van der Waals surface area contributed by atoms with E-state index in [4.69, 9.17) is 0 Å². The van der Waals surface area contributed by atoms with Crippen LogP contribution in [0.2, 0.25) is 0 Å². The number of amides is 1. The van der Waals surface area contributed by atoms with Crippen molar-refractivity contribution < 1.29 is 13.2 Å². The van der Waals surface area contributed by atoms with Crippen molar-refractivity contribution in [3.63, 3.8) is 0 Å². The third-order valence-electron chi connectivity index (χ3n) is 3.80. The lowest BCUT2D eigenvalue weighted by Gasteiger charge is -2.22. The van der Waals surface area contributed by atoms with Crippen LogP contribution in [0.5, 0.6) is 0 Å². The lowest BCUT2D eigenvalue weighted by atomic mass is 10.1. The highest BCUT2D eigenvalue weighted by Crippen LogP contribution is 2.17. The number of rotatable bonds is 5. The average Bonchev–Trinajstić information content (AvgIpc) is 2.90. The maximum absolute atomic E-state index is 12.1. The number of carbonyl (C=O) groups excluding carboxylic acids is 1. The Morgan fingerprint density at radius 3 is 2.35 bits per heavy atom. The smallest absolute Gasteiger partial charge is 0.251 e. The second kappa shape index (κ2) is 6.11. The number of aromatic nitrogens is 3. The lowest BCUT2D eigenvalue weighted by Crippen LogP contribution is -2.43. The van der Waals surface area contributed by atoms with Gasteiger partial charge in [-0.15, -0.1) is 0 Å². The topological polar surface area (TPSA) is 93.9 Å². The summed E-state index contributed by atoms with van der Waals surface area (Å²) in [5.41, 5.74) is 1.30. The number of hydrogen-bond acceptors (Lipinski definition) is 5. The van der Waals surface area contributed by atoms with Gasteiger partial charge in [-0.1, -0.05) is 12.1 Å². The quantitative estimate of drug-likeness (QED) is 0.880. The van der Waals surface area contributed by atoms with E-state index in [2.05, 4.69) is 15.4 Å². The molecule has 0 radical (unpaired) electrons. The molecule has 23 heavy (non-hydrogen) atoms. The van der Waals surface area contributed by atoms with E-state index in [1.54, 1.807) is 49.8 Å². The van der Waals surface area contributed by atoms with E-state index in [0.29, 0.717) is 11.4 Å². The zero-order valence-corrected chi connectivity index (χ0v) is 14.4. The Morgan fingerprint density at radius 1 is 1.26 bits per heavy atom. The van der Waals surface area contributed by atoms with Crippen LogP contribution >= 0.6 is 0 Å². The summed E-state index contributed by atoms with van der Waals surface area (Å²) in [5.74, 6) is 0.390. The van der Waals surface area contributed by atoms with Gasteiger partial charge in [0.15, 0.2) is 15.7 Å². The Kier molecular flexibility index (Phi) is 4.56. The normalized spacial score (nSPS) is 12.2. The minimum atomic E-state index is -3.25. The van der Waals surface area contributed by atoms with Gasteiger partial charge >= 0.3 is 0 Å². The summed E-state index contributed by atoms with van der Waals surface area (Å²) in [6.45, 7) is 3.22. The van der Waals surface area contributed by atoms with Gasteiger partial charge in [-0.2, -0.15) is 5.10 Å². The first kappa shape index (κ1) is 17.1. The Labute approximate surface area is 135 Å². The molecule has 124 valence electrons. The van der Waals surface area contributed by atoms with Crippen LogP contribution in [-0.4, -0.2) is 46.6 Å². The summed E-state index contributed by atoms with van der Waals surface area (Å²) in [5, 5.41) is 6.66. The third kappa shape index (κ3) is 3.76. The predicted molar refractivity (Wildman–Crippen MR) is 87.7 cm³/mol. The molecule has 0 saturated heterocycles. The van der Waals surface area contributed by atoms with Crippen LogP contribution in [0.4, 0.5) is 0 Å². The molecule has 0 bridgehead atoms. The fourth-order valence-corrected chi connectivity index (χ4v) is 2.19. The van der Waals surface area contributed by atoms with Crippen LogP contribution in [-0.2, 0) is 16.9 Å². The second-order valence-electron chi connectivity index (χ2n) is 6.00. The van der Waals surface area contributed by atoms with E-state index in [9.17, 15) is 13.2 Å². The molecule has 0 unspecified atom stereocenters. The SMILES string of the molecule is Cn1ncnc1-c1ccc(C(=O)NCC(C)(C)S(C)(=O)=O)cc1. The standard InChI is InChI=1S/C15H20N4O3S/c1-15(2,23(4,21)22)9-16-14(20)12-7-5-11(6-8-12)13-17-10-18-19(13)3/h5-8,10H,9H2,1-4H3,(H,16,20). The fourth-order valence-electron chi connectivity index (χ4n) is 1.85. The first-order valence-corrected chi connectivity index (χ1v) is 8.93. The van der Waals surface area contributed by atoms with Gasteiger partial charge < -0.3 is 5.32 Å². The molecule has 0 fully saturated rings. The van der Waals surface area contributed by atoms with E-state index >= 15 is 0 Å². The van der Waals surface area contributed by atoms with Gasteiger partial charge in [0.05, 0.1) is 4.75 Å². The van der Waals surface area contributed by atoms with Gasteiger partial charge in [-0.05, 0) is 26.0 Å². The monoisotopic (exact) mass is 336 g/mol. The van der Waals surface area contributed by atoms with Crippen LogP contribution in [0.15, 0.2) is 30.6 Å². The van der Waals surface area contributed by atoms with Crippen LogP contribution in [0.1, 0.15) is 24.2 Å². The molecule has 1 amide bonds. The van der Waals surface area contributed by atoms with Crippen molar-refractivity contribution in [2.45, 2.75) is 18.6 Å². The first-order valence-electron chi connectivity index (χ1n) is 7.04. The van der Waals surface area contributed by atoms with Crippen LogP contribution in [0, 0.1) is 0 Å². The van der Waals surface area contributed by atoms with Gasteiger partial charge in [-0.25, -0.2) is 18.1 Å². The fraction of sp³-hybridized carbons (Fsp3) is 0.400. The van der Waals surface area contributed by atoms with Crippen molar-refractivity contribution >= 4 is 15.7 Å². The second-order valence-corrected chi connectivity index (χ2v) is 8.65. The predicted octanol–water partition coefficient (Wildman–Crippen LogP) is 1.04. The largest absolute Gasteiger partial charge is 0.350 e. The molecule has 0 atom stereocenters. The van der Waals surface area contributed by atoms with E-state index < -0.39 is 14.6 Å². The molecule has 1 aromatic heterocycles. The summed E-state index contributed by atoms with van der Waals surface area (Å²) in [7, 11) is -1.47. The van der Waals surface area contributed by atoms with Gasteiger partial charge in [0, 0.05) is 31.0 Å². The Morgan fingerprint density at radius 2 is 1.87 bits per heavy atom. The van der Waals surface area contributed by atoms with Gasteiger partial charge in [-0.3, -0.25) is 4.79 Å². The Bertz CT molecular complexity index is 808. The van der Waals surface area contributed by atoms with Crippen molar-refractivity contribution in [2.24, 2.45) is 7.05 Å². The highest BCUT2D eigenvalue weighted by atomic mass is 32.2. The van der Waals surface area contributed by atoms with Crippen molar-refractivity contribution in [1.29, 1.82) is 0 Å². The molecule has 0 aliphatic heterocycles. The van der Waals surface area contributed by atoms with Crippen molar-refractivity contribution in [3.05, 3.63) is 36.2 Å². The molecule has 2 rings (SSSR count). The zero-order chi connectivity index (χ0) is 17.3. The number of nitrogens with one attached hydrogen (secondary N) is 1. The van der Waals surface area contributed by atoms with Crippen molar-refractivity contribution in [1.82, 2.24) is 20.1 Å². The minimum absolute atomic E-state index is 0.0513. The maximum atomic E-state index is 12.1. The molecule has 1 N–H and O–H groups in total. The highest BCUT2D eigenvalue weighted by Gasteiger charge is 2.30. The van der Waals surface area contributed by atoms with Crippen LogP contribution < -0.4 is 5.32 Å². The molecule has 8 heteroatoms. The van der Waals surface area contributed by atoms with E-state index in [1.807, 2.05) is 0 Å². The number of hydrogen-bond donors (Lipinski definition) is 1. The molecule has 1 aromatic carbocycles. The average molecular weight is 336 g/mol. The Balaban J connectivity index is 2.08. The van der Waals surface area contributed by atoms with E-state index in [1.165, 1.54) is 6.33 Å².